The first-order valence-corrected chi connectivity index (χ1v) is 7.72. The van der Waals surface area contributed by atoms with Gasteiger partial charge >= 0.3 is 6.09 Å². The summed E-state index contributed by atoms with van der Waals surface area (Å²) in [5.41, 5.74) is -0.500. The van der Waals surface area contributed by atoms with Crippen LogP contribution in [0.2, 0.25) is 5.02 Å². The van der Waals surface area contributed by atoms with Crippen molar-refractivity contribution in [3.63, 3.8) is 0 Å². The van der Waals surface area contributed by atoms with Gasteiger partial charge in [-0.1, -0.05) is 11.6 Å². The molecule has 1 aliphatic rings. The number of carbonyl (C=O) groups excluding carboxylic acids is 1. The highest BCUT2D eigenvalue weighted by molar-refractivity contribution is 6.32. The number of nitrogens with zero attached hydrogens (tertiary/aromatic N) is 1. The lowest BCUT2D eigenvalue weighted by Gasteiger charge is -2.33. The largest absolute Gasteiger partial charge is 0.489 e. The fraction of sp³-hybridized carbons (Fsp3) is 0.562. The predicted octanol–water partition coefficient (Wildman–Crippen LogP) is 4.26. The van der Waals surface area contributed by atoms with E-state index in [9.17, 15) is 9.18 Å². The minimum Gasteiger partial charge on any atom is -0.489 e. The highest BCUT2D eigenvalue weighted by atomic mass is 35.5. The topological polar surface area (TPSA) is 38.8 Å². The van der Waals surface area contributed by atoms with Crippen LogP contribution in [0.25, 0.3) is 0 Å². The maximum atomic E-state index is 13.2. The monoisotopic (exact) mass is 329 g/mol. The summed E-state index contributed by atoms with van der Waals surface area (Å²) in [5.74, 6) is -0.0389. The number of likely N-dealkylation sites (tertiary alicyclic amines) is 1. The second kappa shape index (κ2) is 6.73. The summed E-state index contributed by atoms with van der Waals surface area (Å²) in [6.07, 6.45) is 0.922. The Morgan fingerprint density at radius 3 is 2.55 bits per heavy atom. The van der Waals surface area contributed by atoms with Gasteiger partial charge in [0.1, 0.15) is 23.3 Å². The number of hydrogen-bond acceptors (Lipinski definition) is 3. The Bertz CT molecular complexity index is 537. The molecule has 1 heterocycles. The van der Waals surface area contributed by atoms with E-state index in [4.69, 9.17) is 21.1 Å². The van der Waals surface area contributed by atoms with Crippen molar-refractivity contribution in [2.24, 2.45) is 0 Å². The van der Waals surface area contributed by atoms with Crippen molar-refractivity contribution in [1.29, 1.82) is 0 Å². The SMILES string of the molecule is CC(C)(C)OC(=O)N1CCC(Oc2cc(F)ccc2Cl)CC1. The average Bonchev–Trinajstić information content (AvgIpc) is 2.42. The Kier molecular flexibility index (Phi) is 5.16. The van der Waals surface area contributed by atoms with Gasteiger partial charge in [0.2, 0.25) is 0 Å². The van der Waals surface area contributed by atoms with E-state index in [-0.39, 0.29) is 18.0 Å². The van der Waals surface area contributed by atoms with Crippen LogP contribution < -0.4 is 4.74 Å². The molecule has 4 nitrogen and oxygen atoms in total. The fourth-order valence-electron chi connectivity index (χ4n) is 2.23. The Hall–Kier alpha value is -1.49. The molecule has 2 rings (SSSR count). The van der Waals surface area contributed by atoms with Crippen molar-refractivity contribution in [2.45, 2.75) is 45.3 Å². The molecule has 0 aliphatic carbocycles. The van der Waals surface area contributed by atoms with E-state index in [1.807, 2.05) is 20.8 Å². The van der Waals surface area contributed by atoms with Crippen LogP contribution in [-0.2, 0) is 4.74 Å². The summed E-state index contributed by atoms with van der Waals surface area (Å²) in [6.45, 7) is 6.62. The van der Waals surface area contributed by atoms with E-state index < -0.39 is 5.60 Å². The van der Waals surface area contributed by atoms with Crippen molar-refractivity contribution in [1.82, 2.24) is 4.90 Å². The molecule has 1 aliphatic heterocycles. The number of carbonyl (C=O) groups is 1. The van der Waals surface area contributed by atoms with Gasteiger partial charge in [-0.3, -0.25) is 0 Å². The van der Waals surface area contributed by atoms with E-state index in [0.29, 0.717) is 36.7 Å². The molecule has 0 aromatic heterocycles. The number of hydrogen-bond donors (Lipinski definition) is 0. The van der Waals surface area contributed by atoms with Crippen molar-refractivity contribution in [3.8, 4) is 5.75 Å². The molecule has 1 amide bonds. The highest BCUT2D eigenvalue weighted by Gasteiger charge is 2.27. The lowest BCUT2D eigenvalue weighted by molar-refractivity contribution is 0.0126. The van der Waals surface area contributed by atoms with Crippen LogP contribution in [0.3, 0.4) is 0 Å². The molecule has 1 aromatic rings. The summed E-state index contributed by atoms with van der Waals surface area (Å²) in [6, 6.07) is 4.05. The number of ether oxygens (including phenoxy) is 2. The lowest BCUT2D eigenvalue weighted by Crippen LogP contribution is -2.44. The molecule has 0 radical (unpaired) electrons. The normalized spacial score (nSPS) is 16.5. The zero-order valence-corrected chi connectivity index (χ0v) is 13.8. The van der Waals surface area contributed by atoms with Gasteiger partial charge in [-0.25, -0.2) is 9.18 Å². The minimum absolute atomic E-state index is 0.0852. The van der Waals surface area contributed by atoms with Crippen LogP contribution in [-0.4, -0.2) is 35.8 Å². The summed E-state index contributed by atoms with van der Waals surface area (Å²) < 4.78 is 24.3. The van der Waals surface area contributed by atoms with Crippen LogP contribution in [0.4, 0.5) is 9.18 Å². The lowest BCUT2D eigenvalue weighted by atomic mass is 10.1. The maximum absolute atomic E-state index is 13.2. The van der Waals surface area contributed by atoms with Gasteiger partial charge < -0.3 is 14.4 Å². The summed E-state index contributed by atoms with van der Waals surface area (Å²) in [5, 5.41) is 0.385. The van der Waals surface area contributed by atoms with Crippen LogP contribution >= 0.6 is 11.6 Å². The van der Waals surface area contributed by atoms with Gasteiger partial charge in [0.05, 0.1) is 5.02 Å². The van der Waals surface area contributed by atoms with E-state index in [0.717, 1.165) is 0 Å². The first-order chi connectivity index (χ1) is 10.2. The molecule has 0 spiro atoms. The quantitative estimate of drug-likeness (QED) is 0.814. The van der Waals surface area contributed by atoms with Crippen LogP contribution in [0.5, 0.6) is 5.75 Å². The Morgan fingerprint density at radius 1 is 1.32 bits per heavy atom. The third kappa shape index (κ3) is 4.77. The van der Waals surface area contributed by atoms with E-state index in [1.54, 1.807) is 4.90 Å². The first kappa shape index (κ1) is 16.9. The number of benzene rings is 1. The molecule has 1 fully saturated rings. The molecule has 1 saturated heterocycles. The van der Waals surface area contributed by atoms with E-state index in [1.165, 1.54) is 18.2 Å². The third-order valence-electron chi connectivity index (χ3n) is 3.28. The molecular formula is C16H21ClFNO3. The van der Waals surface area contributed by atoms with Gasteiger partial charge in [-0.15, -0.1) is 0 Å². The van der Waals surface area contributed by atoms with Crippen molar-refractivity contribution < 1.29 is 18.7 Å². The maximum Gasteiger partial charge on any atom is 0.410 e. The Balaban J connectivity index is 1.87. The first-order valence-electron chi connectivity index (χ1n) is 7.34. The molecule has 122 valence electrons. The molecule has 0 bridgehead atoms. The Morgan fingerprint density at radius 2 is 1.95 bits per heavy atom. The summed E-state index contributed by atoms with van der Waals surface area (Å²) in [7, 11) is 0. The van der Waals surface area contributed by atoms with Gasteiger partial charge in [0, 0.05) is 32.0 Å². The fourth-order valence-corrected chi connectivity index (χ4v) is 2.39. The van der Waals surface area contributed by atoms with Gasteiger partial charge in [-0.2, -0.15) is 0 Å². The van der Waals surface area contributed by atoms with Crippen molar-refractivity contribution in [2.75, 3.05) is 13.1 Å². The van der Waals surface area contributed by atoms with Crippen molar-refractivity contribution in [3.05, 3.63) is 29.0 Å². The molecule has 0 N–H and O–H groups in total. The zero-order valence-electron chi connectivity index (χ0n) is 13.1. The molecule has 0 unspecified atom stereocenters. The second-order valence-corrected chi connectivity index (χ2v) is 6.77. The average molecular weight is 330 g/mol. The van der Waals surface area contributed by atoms with Crippen LogP contribution in [0, 0.1) is 5.82 Å². The van der Waals surface area contributed by atoms with Gasteiger partial charge in [-0.05, 0) is 32.9 Å². The molecule has 22 heavy (non-hydrogen) atoms. The molecular weight excluding hydrogens is 309 g/mol. The molecule has 1 aromatic carbocycles. The minimum atomic E-state index is -0.500. The van der Waals surface area contributed by atoms with Gasteiger partial charge in [0.15, 0.2) is 0 Å². The molecule has 0 atom stereocenters. The Labute approximate surface area is 135 Å². The number of amides is 1. The van der Waals surface area contributed by atoms with Crippen molar-refractivity contribution >= 4 is 17.7 Å². The smallest absolute Gasteiger partial charge is 0.410 e. The summed E-state index contributed by atoms with van der Waals surface area (Å²) in [4.78, 5) is 13.6. The van der Waals surface area contributed by atoms with E-state index in [2.05, 4.69) is 0 Å². The third-order valence-corrected chi connectivity index (χ3v) is 3.59. The zero-order chi connectivity index (χ0) is 16.3. The standard InChI is InChI=1S/C16H21ClFNO3/c1-16(2,3)22-15(20)19-8-6-12(7-9-19)21-14-10-11(18)4-5-13(14)17/h4-5,10,12H,6-9H2,1-3H3. The van der Waals surface area contributed by atoms with Gasteiger partial charge in [0.25, 0.3) is 0 Å². The summed E-state index contributed by atoms with van der Waals surface area (Å²) >= 11 is 5.99. The predicted molar refractivity (Wildman–Crippen MR) is 82.9 cm³/mol. The number of piperidine rings is 1. The molecule has 0 saturated carbocycles. The highest BCUT2D eigenvalue weighted by Crippen LogP contribution is 2.28. The van der Waals surface area contributed by atoms with Crippen LogP contribution in [0.1, 0.15) is 33.6 Å². The van der Waals surface area contributed by atoms with Crippen LogP contribution in [0.15, 0.2) is 18.2 Å². The number of halogens is 2. The number of rotatable bonds is 2. The second-order valence-electron chi connectivity index (χ2n) is 6.36. The van der Waals surface area contributed by atoms with E-state index >= 15 is 0 Å². The molecule has 6 heteroatoms.